The molecule has 222 valence electrons. The second kappa shape index (κ2) is 20.0. The van der Waals surface area contributed by atoms with Crippen LogP contribution in [0, 0.1) is 0 Å². The number of carbonyl (C=O) groups is 1. The van der Waals surface area contributed by atoms with Crippen molar-refractivity contribution in [3.05, 3.63) is 70.8 Å². The third kappa shape index (κ3) is 13.2. The monoisotopic (exact) mass is 630 g/mol. The average molecular weight is 632 g/mol. The molecule has 4 nitrogen and oxygen atoms in total. The number of hydrogen-bond acceptors (Lipinski definition) is 4. The van der Waals surface area contributed by atoms with Crippen molar-refractivity contribution in [1.82, 2.24) is 4.90 Å². The lowest BCUT2D eigenvalue weighted by molar-refractivity contribution is -0.116. The fourth-order valence-electron chi connectivity index (χ4n) is 5.06. The summed E-state index contributed by atoms with van der Waals surface area (Å²) in [6.07, 6.45) is 18.4. The highest BCUT2D eigenvalue weighted by Crippen LogP contribution is 2.27. The number of nitrogens with zero attached hydrogens (tertiary/aromatic N) is 2. The topological polar surface area (TPSA) is 32.8 Å². The van der Waals surface area contributed by atoms with Gasteiger partial charge in [0.05, 0.1) is 19.0 Å². The number of halogens is 1. The Balaban J connectivity index is 0.00000560. The van der Waals surface area contributed by atoms with Crippen molar-refractivity contribution < 1.29 is 9.53 Å². The first-order valence-electron chi connectivity index (χ1n) is 15.2. The number of hydrogen-bond donors (Lipinski definition) is 0. The highest BCUT2D eigenvalue weighted by Gasteiger charge is 2.14. The molecule has 0 saturated carbocycles. The van der Waals surface area contributed by atoms with Crippen LogP contribution in [-0.2, 0) is 17.9 Å². The van der Waals surface area contributed by atoms with Crippen molar-refractivity contribution in [3.63, 3.8) is 0 Å². The van der Waals surface area contributed by atoms with E-state index in [0.29, 0.717) is 6.54 Å². The maximum atomic E-state index is 12.5. The molecule has 2 aromatic carbocycles. The van der Waals surface area contributed by atoms with Crippen LogP contribution in [0.25, 0.3) is 0 Å². The second-order valence-electron chi connectivity index (χ2n) is 10.9. The zero-order chi connectivity index (χ0) is 27.7. The molecule has 2 aromatic rings. The molecular formula is C34H51BrN2O2S. The molecule has 0 N–H and O–H groups in total. The summed E-state index contributed by atoms with van der Waals surface area (Å²) in [6, 6.07) is 16.6. The molecule has 3 rings (SSSR count). The van der Waals surface area contributed by atoms with Crippen LogP contribution in [-0.4, -0.2) is 23.3 Å². The Hall–Kier alpha value is -1.92. The predicted octanol–water partition coefficient (Wildman–Crippen LogP) is 10.3. The molecule has 0 spiro atoms. The van der Waals surface area contributed by atoms with Gasteiger partial charge in [-0.25, -0.2) is 0 Å². The van der Waals surface area contributed by atoms with Crippen LogP contribution in [0.3, 0.4) is 0 Å². The molecule has 0 aliphatic carbocycles. The van der Waals surface area contributed by atoms with E-state index in [-0.39, 0.29) is 22.9 Å². The Labute approximate surface area is 258 Å². The molecule has 6 heteroatoms. The molecule has 0 aromatic heterocycles. The van der Waals surface area contributed by atoms with E-state index >= 15 is 0 Å². The van der Waals surface area contributed by atoms with Gasteiger partial charge in [0.15, 0.2) is 0 Å². The van der Waals surface area contributed by atoms with Gasteiger partial charge in [0.25, 0.3) is 0 Å². The molecule has 1 aliphatic heterocycles. The highest BCUT2D eigenvalue weighted by molar-refractivity contribution is 8.93. The van der Waals surface area contributed by atoms with E-state index in [1.165, 1.54) is 81.1 Å². The number of thioether (sulfide) groups is 1. The van der Waals surface area contributed by atoms with Crippen molar-refractivity contribution in [2.45, 2.75) is 111 Å². The Bertz CT molecular complexity index is 1010. The van der Waals surface area contributed by atoms with E-state index in [9.17, 15) is 4.79 Å². The van der Waals surface area contributed by atoms with Crippen molar-refractivity contribution in [3.8, 4) is 5.75 Å². The van der Waals surface area contributed by atoms with Gasteiger partial charge in [-0.15, -0.1) is 28.7 Å². The fourth-order valence-corrected chi connectivity index (χ4v) is 5.82. The lowest BCUT2D eigenvalue weighted by Gasteiger charge is -2.22. The molecule has 40 heavy (non-hydrogen) atoms. The molecule has 0 bridgehead atoms. The summed E-state index contributed by atoms with van der Waals surface area (Å²) in [4.78, 5) is 18.0. The van der Waals surface area contributed by atoms with E-state index in [1.54, 1.807) is 6.92 Å². The summed E-state index contributed by atoms with van der Waals surface area (Å²) in [6.45, 7) is 8.25. The molecule has 0 unspecified atom stereocenters. The van der Waals surface area contributed by atoms with E-state index in [0.717, 1.165) is 42.4 Å². The van der Waals surface area contributed by atoms with Gasteiger partial charge in [-0.05, 0) is 53.6 Å². The van der Waals surface area contributed by atoms with Gasteiger partial charge in [0.2, 0.25) is 5.91 Å². The fraction of sp³-hybridized carbons (Fsp3) is 0.559. The Morgan fingerprint density at radius 2 is 1.50 bits per heavy atom. The summed E-state index contributed by atoms with van der Waals surface area (Å²) in [5.41, 5.74) is 3.26. The van der Waals surface area contributed by atoms with Crippen LogP contribution in [0.15, 0.2) is 59.6 Å². The number of ether oxygens (including phenoxy) is 1. The number of allylic oxidation sites excluding steroid dienone is 1. The van der Waals surface area contributed by atoms with Gasteiger partial charge in [0, 0.05) is 25.4 Å². The summed E-state index contributed by atoms with van der Waals surface area (Å²) in [5.74, 6) is 1.94. The van der Waals surface area contributed by atoms with E-state index in [1.807, 2.05) is 28.8 Å². The molecule has 1 amide bonds. The van der Waals surface area contributed by atoms with Crippen LogP contribution < -0.4 is 9.64 Å². The van der Waals surface area contributed by atoms with Crippen LogP contribution in [0.1, 0.15) is 109 Å². The molecule has 0 saturated heterocycles. The maximum absolute atomic E-state index is 12.5. The minimum Gasteiger partial charge on any atom is -0.494 e. The average Bonchev–Trinajstić information content (AvgIpc) is 3.35. The van der Waals surface area contributed by atoms with Crippen molar-refractivity contribution in [1.29, 1.82) is 0 Å². The normalized spacial score (nSPS) is 12.7. The lowest BCUT2D eigenvalue weighted by atomic mass is 10.1. The first kappa shape index (κ1) is 34.3. The summed E-state index contributed by atoms with van der Waals surface area (Å²) in [7, 11) is 0. The highest BCUT2D eigenvalue weighted by atomic mass is 79.9. The Kier molecular flexibility index (Phi) is 17.2. The third-order valence-corrected chi connectivity index (χ3v) is 8.36. The van der Waals surface area contributed by atoms with E-state index in [4.69, 9.17) is 4.74 Å². The lowest BCUT2D eigenvalue weighted by Crippen LogP contribution is -2.27. The Morgan fingerprint density at radius 1 is 0.875 bits per heavy atom. The number of anilines is 1. The smallest absolute Gasteiger partial charge is 0.224 e. The van der Waals surface area contributed by atoms with Crippen LogP contribution in [0.5, 0.6) is 5.75 Å². The number of unbranched alkanes of at least 4 members (excludes halogenated alkanes) is 11. The van der Waals surface area contributed by atoms with Gasteiger partial charge in [-0.2, -0.15) is 0 Å². The van der Waals surface area contributed by atoms with Gasteiger partial charge in [0.1, 0.15) is 5.75 Å². The number of carbonyl (C=O) groups excluding carboxylic acids is 1. The van der Waals surface area contributed by atoms with Crippen LogP contribution in [0.2, 0.25) is 0 Å². The summed E-state index contributed by atoms with van der Waals surface area (Å²) in [5, 5.41) is 0. The molecule has 0 radical (unpaired) electrons. The van der Waals surface area contributed by atoms with Crippen LogP contribution in [0.4, 0.5) is 5.69 Å². The van der Waals surface area contributed by atoms with Gasteiger partial charge in [-0.1, -0.05) is 102 Å². The SMILES string of the molecule is Br.CCCCCCCCCCCCCCOc1cccc(CN(C(C)=O)c2ccc(CN3C=C(C)SC3)cc2)c1. The van der Waals surface area contributed by atoms with Gasteiger partial charge < -0.3 is 14.5 Å². The maximum Gasteiger partial charge on any atom is 0.224 e. The Morgan fingerprint density at radius 3 is 2.08 bits per heavy atom. The third-order valence-electron chi connectivity index (χ3n) is 7.34. The largest absolute Gasteiger partial charge is 0.494 e. The number of amides is 1. The number of benzene rings is 2. The zero-order valence-electron chi connectivity index (χ0n) is 25.0. The number of rotatable bonds is 19. The minimum absolute atomic E-state index is 0. The minimum atomic E-state index is 0. The van der Waals surface area contributed by atoms with Gasteiger partial charge in [-0.3, -0.25) is 4.79 Å². The molecule has 0 atom stereocenters. The van der Waals surface area contributed by atoms with E-state index in [2.05, 4.69) is 61.3 Å². The predicted molar refractivity (Wildman–Crippen MR) is 178 cm³/mol. The standard InChI is InChI=1S/C34H50N2O2S.BrH/c1-4-5-6-7-8-9-10-11-12-13-14-15-23-38-34-18-16-17-32(24-34)27-36(30(3)37)33-21-19-31(20-22-33)26-35-25-29(2)39-28-35;/h16-22,24-25H,4-15,23,26-28H2,1-3H3;1H. The summed E-state index contributed by atoms with van der Waals surface area (Å²) >= 11 is 1.88. The molecular weight excluding hydrogens is 580 g/mol. The van der Waals surface area contributed by atoms with E-state index < -0.39 is 0 Å². The first-order chi connectivity index (χ1) is 19.0. The van der Waals surface area contributed by atoms with Crippen molar-refractivity contribution in [2.75, 3.05) is 17.4 Å². The molecule has 0 fully saturated rings. The zero-order valence-corrected chi connectivity index (χ0v) is 27.6. The van der Waals surface area contributed by atoms with Crippen molar-refractivity contribution >= 4 is 40.3 Å². The first-order valence-corrected chi connectivity index (χ1v) is 16.2. The van der Waals surface area contributed by atoms with Gasteiger partial charge >= 0.3 is 0 Å². The van der Waals surface area contributed by atoms with Crippen LogP contribution >= 0.6 is 28.7 Å². The quantitative estimate of drug-likeness (QED) is 0.145. The summed E-state index contributed by atoms with van der Waals surface area (Å²) < 4.78 is 6.06. The molecule has 1 heterocycles. The second-order valence-corrected chi connectivity index (χ2v) is 12.1. The van der Waals surface area contributed by atoms with Crippen molar-refractivity contribution in [2.24, 2.45) is 0 Å². The molecule has 1 aliphatic rings.